The van der Waals surface area contributed by atoms with Crippen LogP contribution in [0.2, 0.25) is 0 Å². The van der Waals surface area contributed by atoms with E-state index in [1.165, 1.54) is 0 Å². The second-order valence-electron chi connectivity index (χ2n) is 6.73. The number of nitrogens with zero attached hydrogens (tertiary/aromatic N) is 2. The molecule has 0 aromatic carbocycles. The van der Waals surface area contributed by atoms with Crippen molar-refractivity contribution in [1.29, 1.82) is 0 Å². The van der Waals surface area contributed by atoms with Crippen LogP contribution in [0.3, 0.4) is 0 Å². The van der Waals surface area contributed by atoms with E-state index < -0.39 is 9.84 Å². The van der Waals surface area contributed by atoms with E-state index >= 15 is 0 Å². The maximum absolute atomic E-state index is 12.6. The minimum Gasteiger partial charge on any atom is -0.379 e. The lowest BCUT2D eigenvalue weighted by Gasteiger charge is -2.34. The average molecular weight is 330 g/mol. The maximum atomic E-state index is 12.6. The third-order valence-electron chi connectivity index (χ3n) is 5.34. The molecule has 3 atom stereocenters. The Morgan fingerprint density at radius 3 is 2.55 bits per heavy atom. The van der Waals surface area contributed by atoms with E-state index in [4.69, 9.17) is 4.74 Å². The molecule has 3 aliphatic heterocycles. The topological polar surface area (TPSA) is 66.9 Å². The average Bonchev–Trinajstić information content (AvgIpc) is 3.10. The number of ether oxygens (including phenoxy) is 1. The van der Waals surface area contributed by atoms with Crippen LogP contribution in [0.15, 0.2) is 0 Å². The molecular formula is C15H26N2O4S. The van der Waals surface area contributed by atoms with Gasteiger partial charge >= 0.3 is 0 Å². The monoisotopic (exact) mass is 330 g/mol. The summed E-state index contributed by atoms with van der Waals surface area (Å²) in [5.41, 5.74) is 0. The van der Waals surface area contributed by atoms with Gasteiger partial charge in [-0.3, -0.25) is 9.69 Å². The highest BCUT2D eigenvalue weighted by Crippen LogP contribution is 2.29. The van der Waals surface area contributed by atoms with Crippen molar-refractivity contribution in [1.82, 2.24) is 9.80 Å². The van der Waals surface area contributed by atoms with E-state index in [0.29, 0.717) is 18.4 Å². The number of hydrogen-bond acceptors (Lipinski definition) is 5. The van der Waals surface area contributed by atoms with Gasteiger partial charge in [-0.15, -0.1) is 0 Å². The molecule has 0 radical (unpaired) electrons. The highest BCUT2D eigenvalue weighted by Gasteiger charge is 2.42. The molecule has 0 aromatic heterocycles. The zero-order valence-corrected chi connectivity index (χ0v) is 14.1. The summed E-state index contributed by atoms with van der Waals surface area (Å²) in [5, 5.41) is 0. The van der Waals surface area contributed by atoms with Crippen LogP contribution in [0.25, 0.3) is 0 Å². The Kier molecular flexibility index (Phi) is 4.75. The van der Waals surface area contributed by atoms with Gasteiger partial charge in [-0.2, -0.15) is 0 Å². The van der Waals surface area contributed by atoms with Gasteiger partial charge in [0, 0.05) is 32.2 Å². The van der Waals surface area contributed by atoms with Gasteiger partial charge in [0.05, 0.1) is 30.6 Å². The number of sulfone groups is 1. The number of carbonyl (C=O) groups excluding carboxylic acids is 1. The predicted molar refractivity (Wildman–Crippen MR) is 83.3 cm³/mol. The molecule has 1 amide bonds. The Hall–Kier alpha value is -0.660. The minimum atomic E-state index is -3.00. The van der Waals surface area contributed by atoms with E-state index in [2.05, 4.69) is 11.8 Å². The highest BCUT2D eigenvalue weighted by atomic mass is 32.2. The zero-order valence-electron chi connectivity index (χ0n) is 13.2. The van der Waals surface area contributed by atoms with E-state index in [1.807, 2.05) is 4.90 Å². The van der Waals surface area contributed by atoms with Crippen molar-refractivity contribution in [3.63, 3.8) is 0 Å². The molecule has 6 nitrogen and oxygen atoms in total. The number of amides is 1. The van der Waals surface area contributed by atoms with Gasteiger partial charge in [0.15, 0.2) is 9.84 Å². The van der Waals surface area contributed by atoms with E-state index in [1.54, 1.807) is 0 Å². The first-order valence-corrected chi connectivity index (χ1v) is 10.1. The third-order valence-corrected chi connectivity index (χ3v) is 7.11. The van der Waals surface area contributed by atoms with Gasteiger partial charge in [0.1, 0.15) is 0 Å². The molecule has 3 saturated heterocycles. The Morgan fingerprint density at radius 2 is 1.95 bits per heavy atom. The van der Waals surface area contributed by atoms with Crippen LogP contribution in [-0.4, -0.2) is 81.1 Å². The summed E-state index contributed by atoms with van der Waals surface area (Å²) in [6.07, 6.45) is 1.55. The second-order valence-corrected chi connectivity index (χ2v) is 8.96. The third kappa shape index (κ3) is 3.31. The molecule has 22 heavy (non-hydrogen) atoms. The summed E-state index contributed by atoms with van der Waals surface area (Å²) < 4.78 is 28.6. The van der Waals surface area contributed by atoms with Crippen LogP contribution in [-0.2, 0) is 19.4 Å². The quantitative estimate of drug-likeness (QED) is 0.728. The first-order chi connectivity index (χ1) is 10.5. The first-order valence-electron chi connectivity index (χ1n) is 8.31. The smallest absolute Gasteiger partial charge is 0.226 e. The molecule has 0 bridgehead atoms. The zero-order chi connectivity index (χ0) is 15.7. The lowest BCUT2D eigenvalue weighted by atomic mass is 9.99. The van der Waals surface area contributed by atoms with Gasteiger partial charge in [0.2, 0.25) is 5.91 Å². The Balaban J connectivity index is 1.64. The van der Waals surface area contributed by atoms with Gasteiger partial charge in [-0.25, -0.2) is 8.42 Å². The largest absolute Gasteiger partial charge is 0.379 e. The van der Waals surface area contributed by atoms with Gasteiger partial charge < -0.3 is 9.64 Å². The molecule has 3 fully saturated rings. The number of likely N-dealkylation sites (tertiary alicyclic amines) is 1. The number of rotatable bonds is 3. The standard InChI is InChI=1S/C15H26N2O4S/c1-2-12-9-17(10-14(12)16-4-6-21-7-5-16)15(18)13-3-8-22(19,20)11-13/h12-14H,2-11H2,1H3. The van der Waals surface area contributed by atoms with E-state index in [-0.39, 0.29) is 23.3 Å². The van der Waals surface area contributed by atoms with E-state index in [9.17, 15) is 13.2 Å². The molecule has 126 valence electrons. The maximum Gasteiger partial charge on any atom is 0.226 e. The molecule has 7 heteroatoms. The van der Waals surface area contributed by atoms with Crippen LogP contribution in [0, 0.1) is 11.8 Å². The molecule has 0 N–H and O–H groups in total. The molecule has 0 saturated carbocycles. The Labute approximate surface area is 132 Å². The van der Waals surface area contributed by atoms with Gasteiger partial charge in [-0.1, -0.05) is 13.3 Å². The van der Waals surface area contributed by atoms with Crippen molar-refractivity contribution in [3.05, 3.63) is 0 Å². The van der Waals surface area contributed by atoms with Crippen molar-refractivity contribution in [3.8, 4) is 0 Å². The number of hydrogen-bond donors (Lipinski definition) is 0. The van der Waals surface area contributed by atoms with Crippen LogP contribution in [0.4, 0.5) is 0 Å². The predicted octanol–water partition coefficient (Wildman–Crippen LogP) is -0.00970. The summed E-state index contributed by atoms with van der Waals surface area (Å²) >= 11 is 0. The molecule has 0 spiro atoms. The SMILES string of the molecule is CCC1CN(C(=O)C2CCS(=O)(=O)C2)CC1N1CCOCC1. The summed E-state index contributed by atoms with van der Waals surface area (Å²) in [7, 11) is -3.00. The number of carbonyl (C=O) groups is 1. The molecule has 0 aliphatic carbocycles. The molecule has 3 unspecified atom stereocenters. The normalized spacial score (nSPS) is 35.9. The number of morpholine rings is 1. The lowest BCUT2D eigenvalue weighted by molar-refractivity contribution is -0.134. The van der Waals surface area contributed by atoms with Gasteiger partial charge in [0.25, 0.3) is 0 Å². The van der Waals surface area contributed by atoms with Crippen LogP contribution in [0.1, 0.15) is 19.8 Å². The highest BCUT2D eigenvalue weighted by molar-refractivity contribution is 7.91. The van der Waals surface area contributed by atoms with E-state index in [0.717, 1.165) is 45.8 Å². The molecule has 3 heterocycles. The van der Waals surface area contributed by atoms with Gasteiger partial charge in [-0.05, 0) is 12.3 Å². The lowest BCUT2D eigenvalue weighted by Crippen LogP contribution is -2.47. The van der Waals surface area contributed by atoms with Crippen molar-refractivity contribution >= 4 is 15.7 Å². The fourth-order valence-electron chi connectivity index (χ4n) is 4.01. The second kappa shape index (κ2) is 6.45. The van der Waals surface area contributed by atoms with Crippen LogP contribution < -0.4 is 0 Å². The molecule has 0 aromatic rings. The fraction of sp³-hybridized carbons (Fsp3) is 0.933. The van der Waals surface area contributed by atoms with Crippen molar-refractivity contribution in [2.75, 3.05) is 50.9 Å². The fourth-order valence-corrected chi connectivity index (χ4v) is 5.74. The van der Waals surface area contributed by atoms with Crippen molar-refractivity contribution < 1.29 is 17.9 Å². The summed E-state index contributed by atoms with van der Waals surface area (Å²) in [6, 6.07) is 0.399. The Bertz CT molecular complexity index is 516. The van der Waals surface area contributed by atoms with Crippen LogP contribution in [0.5, 0.6) is 0 Å². The molecule has 3 aliphatic rings. The molecule has 3 rings (SSSR count). The molecular weight excluding hydrogens is 304 g/mol. The van der Waals surface area contributed by atoms with Crippen molar-refractivity contribution in [2.45, 2.75) is 25.8 Å². The van der Waals surface area contributed by atoms with Crippen LogP contribution >= 0.6 is 0 Å². The first kappa shape index (κ1) is 16.2. The summed E-state index contributed by atoms with van der Waals surface area (Å²) in [6.45, 7) is 7.08. The summed E-state index contributed by atoms with van der Waals surface area (Å²) in [4.78, 5) is 17.0. The Morgan fingerprint density at radius 1 is 1.23 bits per heavy atom. The van der Waals surface area contributed by atoms with Crippen molar-refractivity contribution in [2.24, 2.45) is 11.8 Å². The minimum absolute atomic E-state index is 0.0430. The summed E-state index contributed by atoms with van der Waals surface area (Å²) in [5.74, 6) is 0.434.